The normalized spacial score (nSPS) is 11.5. The van der Waals surface area contributed by atoms with E-state index in [1.54, 1.807) is 0 Å². The molecule has 1 aliphatic heterocycles. The first kappa shape index (κ1) is 24.9. The Kier molecular flexibility index (Phi) is 7.81. The zero-order valence-electron chi connectivity index (χ0n) is 17.6. The van der Waals surface area contributed by atoms with Gasteiger partial charge in [0.1, 0.15) is 5.69 Å². The van der Waals surface area contributed by atoms with Crippen LogP contribution in [0.4, 0.5) is 28.4 Å². The lowest BCUT2D eigenvalue weighted by Crippen LogP contribution is -2.79. The summed E-state index contributed by atoms with van der Waals surface area (Å²) in [6, 6.07) is 18.1. The average Bonchev–Trinajstić information content (AvgIpc) is 3.26. The Morgan fingerprint density at radius 1 is 0.857 bits per heavy atom. The number of rotatable bonds is 6. The van der Waals surface area contributed by atoms with Gasteiger partial charge in [-0.2, -0.15) is 4.99 Å². The zero-order chi connectivity index (χ0) is 25.5. The molecule has 0 atom stereocenters. The van der Waals surface area contributed by atoms with Crippen molar-refractivity contribution in [2.24, 2.45) is 4.99 Å². The molecule has 0 spiro atoms. The lowest BCUT2D eigenvalue weighted by Gasteiger charge is -2.06. The predicted octanol–water partition coefficient (Wildman–Crippen LogP) is 2.98. The van der Waals surface area contributed by atoms with Crippen LogP contribution in [0.2, 0.25) is 0 Å². The molecule has 35 heavy (non-hydrogen) atoms. The number of ketones is 1. The van der Waals surface area contributed by atoms with Gasteiger partial charge in [-0.05, 0) is 17.8 Å². The Morgan fingerprint density at radius 2 is 1.43 bits per heavy atom. The van der Waals surface area contributed by atoms with Crippen molar-refractivity contribution in [2.75, 3.05) is 5.75 Å². The van der Waals surface area contributed by atoms with Crippen LogP contribution in [-0.4, -0.2) is 31.5 Å². The third-order valence-electron chi connectivity index (χ3n) is 4.53. The van der Waals surface area contributed by atoms with Gasteiger partial charge in [0.15, 0.2) is 11.5 Å². The second kappa shape index (κ2) is 11.0. The predicted molar refractivity (Wildman–Crippen MR) is 124 cm³/mol. The minimum Gasteiger partial charge on any atom is -0.863 e. The van der Waals surface area contributed by atoms with Crippen LogP contribution >= 0.6 is 11.8 Å². The van der Waals surface area contributed by atoms with Crippen LogP contribution in [0.3, 0.4) is 0 Å². The molecular formula is C21H15N5O8S. The fraction of sp³-hybridized carbons (Fsp3) is 0.0476. The molecule has 0 bridgehead atoms. The van der Waals surface area contributed by atoms with Gasteiger partial charge < -0.3 is 5.11 Å². The number of thioether (sulfide) groups is 1. The molecule has 0 aromatic heterocycles. The smallest absolute Gasteiger partial charge is 0.283 e. The number of amidine groups is 1. The van der Waals surface area contributed by atoms with Gasteiger partial charge in [-0.15, -0.1) is 0 Å². The Labute approximate surface area is 200 Å². The standard InChI is InChI=1S/C15H12N2OS.C6H3N3O7/c18-14(11-6-2-1-3-7-11)10-19-15-16-12-8-4-5-9-13(12)17-15;10-6-4(8(13)14)1-3(7(11)12)2-5(6)9(15)16/h1-9H,10H2,(H,16,17);1-2,10H. The number of nitrogens with two attached hydrogens (primary N) is 1. The van der Waals surface area contributed by atoms with E-state index < -0.39 is 37.6 Å². The topological polar surface area (TPSA) is 199 Å². The van der Waals surface area contributed by atoms with Crippen LogP contribution < -0.4 is 10.4 Å². The van der Waals surface area contributed by atoms with Gasteiger partial charge >= 0.3 is 0 Å². The first-order valence-electron chi connectivity index (χ1n) is 9.69. The Hall–Kier alpha value is -4.69. The van der Waals surface area contributed by atoms with E-state index in [1.807, 2.05) is 59.9 Å². The van der Waals surface area contributed by atoms with Gasteiger partial charge in [-0.25, -0.2) is 0 Å². The summed E-state index contributed by atoms with van der Waals surface area (Å²) < 4.78 is 0. The third-order valence-corrected chi connectivity index (χ3v) is 5.44. The van der Waals surface area contributed by atoms with Crippen LogP contribution in [-0.2, 0) is 0 Å². The monoisotopic (exact) mass is 497 g/mol. The fourth-order valence-electron chi connectivity index (χ4n) is 2.88. The first-order valence-corrected chi connectivity index (χ1v) is 10.7. The van der Waals surface area contributed by atoms with E-state index in [2.05, 4.69) is 4.99 Å². The highest BCUT2D eigenvalue weighted by molar-refractivity contribution is 8.13. The van der Waals surface area contributed by atoms with Gasteiger partial charge in [0.2, 0.25) is 0 Å². The van der Waals surface area contributed by atoms with E-state index in [1.165, 1.54) is 11.8 Å². The maximum absolute atomic E-state index is 12.0. The number of aliphatic imine (C=N–C) groups is 1. The second-order valence-corrected chi connectivity index (χ2v) is 7.81. The van der Waals surface area contributed by atoms with Crippen molar-refractivity contribution in [1.82, 2.24) is 0 Å². The zero-order valence-corrected chi connectivity index (χ0v) is 18.4. The number of carbonyl (C=O) groups excluding carboxylic acids is 1. The van der Waals surface area contributed by atoms with Crippen LogP contribution in [0.15, 0.2) is 71.7 Å². The van der Waals surface area contributed by atoms with E-state index in [9.17, 15) is 40.2 Å². The highest BCUT2D eigenvalue weighted by atomic mass is 32.2. The molecule has 0 amide bonds. The second-order valence-electron chi connectivity index (χ2n) is 6.82. The average molecular weight is 497 g/mol. The molecule has 0 aliphatic carbocycles. The molecule has 1 heterocycles. The van der Waals surface area contributed by atoms with Crippen molar-refractivity contribution in [1.29, 1.82) is 0 Å². The summed E-state index contributed by atoms with van der Waals surface area (Å²) in [5.41, 5.74) is -0.403. The third kappa shape index (κ3) is 6.21. The van der Waals surface area contributed by atoms with Gasteiger partial charge in [-0.1, -0.05) is 42.5 Å². The van der Waals surface area contributed by atoms with E-state index in [0.29, 0.717) is 17.9 Å². The van der Waals surface area contributed by atoms with Crippen molar-refractivity contribution in [3.63, 3.8) is 0 Å². The van der Waals surface area contributed by atoms with Crippen LogP contribution in [0.5, 0.6) is 5.75 Å². The van der Waals surface area contributed by atoms with Crippen LogP contribution in [0.1, 0.15) is 10.4 Å². The Balaban J connectivity index is 0.000000199. The summed E-state index contributed by atoms with van der Waals surface area (Å²) in [4.78, 5) is 44.0. The van der Waals surface area contributed by atoms with Gasteiger partial charge in [0.05, 0.1) is 38.4 Å². The number of hydrogen-bond donors (Lipinski definition) is 1. The highest BCUT2D eigenvalue weighted by Crippen LogP contribution is 2.36. The number of Topliss-reactive ketones (excluding diaryl/α,β-unsaturated/α-hetero) is 1. The molecule has 3 aromatic rings. The maximum Gasteiger partial charge on any atom is 0.283 e. The molecular weight excluding hydrogens is 482 g/mol. The molecule has 4 rings (SSSR count). The fourth-order valence-corrected chi connectivity index (χ4v) is 3.70. The van der Waals surface area contributed by atoms with E-state index in [4.69, 9.17) is 0 Å². The molecule has 0 saturated heterocycles. The number of non-ortho nitro benzene ring substituents is 1. The number of quaternary nitrogens is 1. The molecule has 178 valence electrons. The summed E-state index contributed by atoms with van der Waals surface area (Å²) in [6.45, 7) is 0. The van der Waals surface area contributed by atoms with Crippen molar-refractivity contribution in [3.8, 4) is 5.75 Å². The minimum atomic E-state index is -1.46. The van der Waals surface area contributed by atoms with Gasteiger partial charge in [0, 0.05) is 11.6 Å². The van der Waals surface area contributed by atoms with Gasteiger partial charge in [0.25, 0.3) is 22.2 Å². The quantitative estimate of drug-likeness (QED) is 0.230. The molecule has 2 N–H and O–H groups in total. The molecule has 3 aromatic carbocycles. The SMILES string of the molecule is O=C(CSC1=Nc2ccccc2[NH2+]1)c1ccccc1.O=[N+]([O-])c1cc([N+](=O)[O-])c([O-])c([N+](=O)[O-])c1. The maximum atomic E-state index is 12.0. The molecule has 0 saturated carbocycles. The molecule has 0 unspecified atom stereocenters. The molecule has 13 nitrogen and oxygen atoms in total. The number of para-hydroxylation sites is 2. The minimum absolute atomic E-state index is 0.137. The number of nitro benzene ring substituents is 3. The molecule has 0 fully saturated rings. The summed E-state index contributed by atoms with van der Waals surface area (Å²) in [5.74, 6) is -0.897. The summed E-state index contributed by atoms with van der Waals surface area (Å²) in [7, 11) is 0. The number of benzene rings is 3. The first-order chi connectivity index (χ1) is 16.7. The van der Waals surface area contributed by atoms with Crippen LogP contribution in [0, 0.1) is 30.3 Å². The Morgan fingerprint density at radius 3 is 1.97 bits per heavy atom. The largest absolute Gasteiger partial charge is 0.863 e. The van der Waals surface area contributed by atoms with Crippen molar-refractivity contribution >= 4 is 51.1 Å². The number of nitro groups is 3. The molecule has 1 aliphatic rings. The molecule has 14 heteroatoms. The Bertz CT molecular complexity index is 1310. The number of fused-ring (bicyclic) bond motifs is 1. The van der Waals surface area contributed by atoms with Crippen molar-refractivity contribution in [2.45, 2.75) is 0 Å². The van der Waals surface area contributed by atoms with E-state index in [-0.39, 0.29) is 5.78 Å². The van der Waals surface area contributed by atoms with Crippen molar-refractivity contribution < 1.29 is 30.0 Å². The molecule has 0 radical (unpaired) electrons. The van der Waals surface area contributed by atoms with E-state index in [0.717, 1.165) is 22.1 Å². The lowest BCUT2D eigenvalue weighted by molar-refractivity contribution is -0.432. The lowest BCUT2D eigenvalue weighted by atomic mass is 10.2. The summed E-state index contributed by atoms with van der Waals surface area (Å²) in [6.07, 6.45) is 0. The summed E-state index contributed by atoms with van der Waals surface area (Å²) in [5, 5.41) is 45.0. The summed E-state index contributed by atoms with van der Waals surface area (Å²) >= 11 is 1.49. The number of hydrogen-bond acceptors (Lipinski definition) is 10. The van der Waals surface area contributed by atoms with Crippen LogP contribution in [0.25, 0.3) is 0 Å². The highest BCUT2D eigenvalue weighted by Gasteiger charge is 2.24. The number of nitrogens with zero attached hydrogens (tertiary/aromatic N) is 4. The number of carbonyl (C=O) groups is 1. The van der Waals surface area contributed by atoms with Gasteiger partial charge in [-0.3, -0.25) is 40.5 Å². The van der Waals surface area contributed by atoms with Crippen molar-refractivity contribution in [3.05, 3.63) is 103 Å². The van der Waals surface area contributed by atoms with E-state index >= 15 is 0 Å².